The van der Waals surface area contributed by atoms with E-state index in [9.17, 15) is 9.59 Å². The van der Waals surface area contributed by atoms with Crippen LogP contribution in [0.2, 0.25) is 0 Å². The lowest BCUT2D eigenvalue weighted by atomic mass is 10.2. The highest BCUT2D eigenvalue weighted by Crippen LogP contribution is 2.31. The number of methoxy groups -OCH3 is 1. The highest BCUT2D eigenvalue weighted by Gasteiger charge is 2.20. The largest absolute Gasteiger partial charge is 0.497 e. The first-order valence-corrected chi connectivity index (χ1v) is 12.1. The molecule has 0 aliphatic heterocycles. The SMILES string of the molecule is COc1ccc(NC(=O)CN(C)[C@@H](C)C(=O)Nc2ccc(-c3nc4ccc(C)cc4s3)cc2)cc1. The third-order valence-electron chi connectivity index (χ3n) is 5.75. The predicted molar refractivity (Wildman–Crippen MR) is 142 cm³/mol. The van der Waals surface area contributed by atoms with Crippen LogP contribution in [0.4, 0.5) is 11.4 Å². The van der Waals surface area contributed by atoms with Crippen LogP contribution in [0.1, 0.15) is 12.5 Å². The lowest BCUT2D eigenvalue weighted by molar-refractivity contribution is -0.122. The summed E-state index contributed by atoms with van der Waals surface area (Å²) in [6.45, 7) is 3.92. The Labute approximate surface area is 208 Å². The number of fused-ring (bicyclic) bond motifs is 1. The van der Waals surface area contributed by atoms with Gasteiger partial charge in [0, 0.05) is 16.9 Å². The van der Waals surface area contributed by atoms with Crippen molar-refractivity contribution in [1.29, 1.82) is 0 Å². The van der Waals surface area contributed by atoms with E-state index >= 15 is 0 Å². The second-order valence-corrected chi connectivity index (χ2v) is 9.46. The summed E-state index contributed by atoms with van der Waals surface area (Å²) in [4.78, 5) is 31.6. The summed E-state index contributed by atoms with van der Waals surface area (Å²) < 4.78 is 6.28. The Kier molecular flexibility index (Phi) is 7.43. The molecule has 1 atom stereocenters. The molecule has 7 nitrogen and oxygen atoms in total. The van der Waals surface area contributed by atoms with E-state index in [2.05, 4.69) is 29.7 Å². The number of thiazole rings is 1. The van der Waals surface area contributed by atoms with E-state index in [0.29, 0.717) is 17.1 Å². The van der Waals surface area contributed by atoms with Gasteiger partial charge < -0.3 is 15.4 Å². The molecule has 0 radical (unpaired) electrons. The zero-order valence-corrected chi connectivity index (χ0v) is 21.0. The Hall–Kier alpha value is -3.75. The monoisotopic (exact) mass is 488 g/mol. The maximum absolute atomic E-state index is 12.8. The van der Waals surface area contributed by atoms with Crippen molar-refractivity contribution < 1.29 is 14.3 Å². The molecule has 0 fully saturated rings. The average molecular weight is 489 g/mol. The Balaban J connectivity index is 1.32. The van der Waals surface area contributed by atoms with Crippen molar-refractivity contribution in [2.24, 2.45) is 0 Å². The van der Waals surface area contributed by atoms with Gasteiger partial charge in [-0.2, -0.15) is 0 Å². The number of ether oxygens (including phenoxy) is 1. The molecule has 2 N–H and O–H groups in total. The van der Waals surface area contributed by atoms with E-state index in [1.165, 1.54) is 5.56 Å². The molecule has 35 heavy (non-hydrogen) atoms. The molecule has 0 saturated heterocycles. The zero-order valence-electron chi connectivity index (χ0n) is 20.2. The quantitative estimate of drug-likeness (QED) is 0.357. The number of rotatable bonds is 8. The number of carbonyl (C=O) groups excluding carboxylic acids is 2. The maximum atomic E-state index is 12.8. The van der Waals surface area contributed by atoms with Crippen molar-refractivity contribution in [2.75, 3.05) is 31.3 Å². The van der Waals surface area contributed by atoms with E-state index in [1.54, 1.807) is 61.6 Å². The van der Waals surface area contributed by atoms with Crippen LogP contribution in [-0.2, 0) is 9.59 Å². The summed E-state index contributed by atoms with van der Waals surface area (Å²) in [7, 11) is 3.34. The highest BCUT2D eigenvalue weighted by molar-refractivity contribution is 7.21. The van der Waals surface area contributed by atoms with Gasteiger partial charge in [0.2, 0.25) is 11.8 Å². The van der Waals surface area contributed by atoms with Crippen molar-refractivity contribution in [2.45, 2.75) is 19.9 Å². The topological polar surface area (TPSA) is 83.6 Å². The fourth-order valence-corrected chi connectivity index (χ4v) is 4.61. The van der Waals surface area contributed by atoms with Crippen LogP contribution in [0.15, 0.2) is 66.7 Å². The second-order valence-electron chi connectivity index (χ2n) is 8.42. The fraction of sp³-hybridized carbons (Fsp3) is 0.222. The van der Waals surface area contributed by atoms with E-state index in [-0.39, 0.29) is 18.4 Å². The summed E-state index contributed by atoms with van der Waals surface area (Å²) in [5, 5.41) is 6.70. The summed E-state index contributed by atoms with van der Waals surface area (Å²) in [5.74, 6) is 0.328. The standard InChI is InChI=1S/C27H28N4O3S/c1-17-5-14-23-24(15-17)35-27(30-23)19-6-8-21(9-7-19)29-26(33)18(2)31(3)16-25(32)28-20-10-12-22(34-4)13-11-20/h5-15,18H,16H2,1-4H3,(H,28,32)(H,29,33)/t18-/m0/s1. The van der Waals surface area contributed by atoms with Crippen LogP contribution in [-0.4, -0.2) is 48.4 Å². The Morgan fingerprint density at radius 3 is 2.34 bits per heavy atom. The first-order valence-electron chi connectivity index (χ1n) is 11.2. The summed E-state index contributed by atoms with van der Waals surface area (Å²) in [6, 6.07) is 20.5. The second kappa shape index (κ2) is 10.7. The molecule has 1 heterocycles. The van der Waals surface area contributed by atoms with Crippen LogP contribution in [0.25, 0.3) is 20.8 Å². The molecule has 1 aromatic heterocycles. The molecule has 0 spiro atoms. The number of likely N-dealkylation sites (N-methyl/N-ethyl adjacent to an activating group) is 1. The molecule has 4 rings (SSSR count). The van der Waals surface area contributed by atoms with E-state index in [4.69, 9.17) is 9.72 Å². The van der Waals surface area contributed by atoms with Crippen LogP contribution in [0, 0.1) is 6.92 Å². The van der Waals surface area contributed by atoms with Gasteiger partial charge in [-0.1, -0.05) is 6.07 Å². The summed E-state index contributed by atoms with van der Waals surface area (Å²) in [6.07, 6.45) is 0. The number of nitrogens with zero attached hydrogens (tertiary/aromatic N) is 2. The number of anilines is 2. The molecule has 0 bridgehead atoms. The van der Waals surface area contributed by atoms with Gasteiger partial charge in [-0.15, -0.1) is 11.3 Å². The summed E-state index contributed by atoms with van der Waals surface area (Å²) >= 11 is 1.65. The van der Waals surface area contributed by atoms with Gasteiger partial charge in [0.1, 0.15) is 10.8 Å². The molecular weight excluding hydrogens is 460 g/mol. The summed E-state index contributed by atoms with van der Waals surface area (Å²) in [5.41, 5.74) is 4.56. The molecule has 4 aromatic rings. The third kappa shape index (κ3) is 6.03. The van der Waals surface area contributed by atoms with Crippen LogP contribution >= 0.6 is 11.3 Å². The average Bonchev–Trinajstić information content (AvgIpc) is 3.27. The minimum Gasteiger partial charge on any atom is -0.497 e. The van der Waals surface area contributed by atoms with Crippen molar-refractivity contribution in [3.8, 4) is 16.3 Å². The Bertz CT molecular complexity index is 1330. The number of nitrogens with one attached hydrogen (secondary N) is 2. The lowest BCUT2D eigenvalue weighted by Crippen LogP contribution is -2.43. The Morgan fingerprint density at radius 2 is 1.66 bits per heavy atom. The zero-order chi connectivity index (χ0) is 24.9. The number of benzene rings is 3. The van der Waals surface area contributed by atoms with Gasteiger partial charge >= 0.3 is 0 Å². The molecule has 2 amide bonds. The van der Waals surface area contributed by atoms with Gasteiger partial charge in [0.15, 0.2) is 0 Å². The van der Waals surface area contributed by atoms with Crippen molar-refractivity contribution in [3.05, 3.63) is 72.3 Å². The van der Waals surface area contributed by atoms with Crippen molar-refractivity contribution in [3.63, 3.8) is 0 Å². The van der Waals surface area contributed by atoms with Crippen molar-refractivity contribution in [1.82, 2.24) is 9.88 Å². The number of hydrogen-bond donors (Lipinski definition) is 2. The molecule has 0 saturated carbocycles. The molecule has 180 valence electrons. The number of aryl methyl sites for hydroxylation is 1. The molecule has 0 unspecified atom stereocenters. The van der Waals surface area contributed by atoms with Crippen molar-refractivity contribution >= 4 is 44.7 Å². The molecule has 0 aliphatic rings. The number of carbonyl (C=O) groups is 2. The third-order valence-corrected chi connectivity index (χ3v) is 6.82. The molecule has 8 heteroatoms. The highest BCUT2D eigenvalue weighted by atomic mass is 32.1. The molecule has 0 aliphatic carbocycles. The van der Waals surface area contributed by atoms with Gasteiger partial charge in [0.25, 0.3) is 0 Å². The lowest BCUT2D eigenvalue weighted by Gasteiger charge is -2.23. The van der Waals surface area contributed by atoms with E-state index < -0.39 is 6.04 Å². The predicted octanol–water partition coefficient (Wildman–Crippen LogP) is 5.18. The molecular formula is C27H28N4O3S. The first kappa shape index (κ1) is 24.4. The van der Waals surface area contributed by atoms with E-state index in [0.717, 1.165) is 20.8 Å². The van der Waals surface area contributed by atoms with Crippen LogP contribution < -0.4 is 15.4 Å². The van der Waals surface area contributed by atoms with Gasteiger partial charge in [-0.05, 0) is 87.1 Å². The Morgan fingerprint density at radius 1 is 1.00 bits per heavy atom. The smallest absolute Gasteiger partial charge is 0.241 e. The van der Waals surface area contributed by atoms with Crippen LogP contribution in [0.5, 0.6) is 5.75 Å². The number of aromatic nitrogens is 1. The first-order chi connectivity index (χ1) is 16.8. The normalized spacial score (nSPS) is 11.9. The fourth-order valence-electron chi connectivity index (χ4n) is 3.54. The van der Waals surface area contributed by atoms with Gasteiger partial charge in [0.05, 0.1) is 29.9 Å². The number of hydrogen-bond acceptors (Lipinski definition) is 6. The maximum Gasteiger partial charge on any atom is 0.241 e. The van der Waals surface area contributed by atoms with E-state index in [1.807, 2.05) is 30.3 Å². The number of amides is 2. The molecule has 3 aromatic carbocycles. The van der Waals surface area contributed by atoms with Gasteiger partial charge in [-0.25, -0.2) is 4.98 Å². The van der Waals surface area contributed by atoms with Gasteiger partial charge in [-0.3, -0.25) is 14.5 Å². The van der Waals surface area contributed by atoms with Crippen LogP contribution in [0.3, 0.4) is 0 Å². The minimum absolute atomic E-state index is 0.0800. The minimum atomic E-state index is -0.496.